The molecule has 1 aromatic carbocycles. The van der Waals surface area contributed by atoms with E-state index in [9.17, 15) is 9.70 Å². The Morgan fingerprint density at radius 2 is 2.00 bits per heavy atom. The van der Waals surface area contributed by atoms with Crippen LogP contribution in [0.1, 0.15) is 12.5 Å². The Labute approximate surface area is 81.9 Å². The van der Waals surface area contributed by atoms with Crippen molar-refractivity contribution in [3.63, 3.8) is 0 Å². The lowest BCUT2D eigenvalue weighted by molar-refractivity contribution is -0.142. The third-order valence-electron chi connectivity index (χ3n) is 1.70. The third-order valence-corrected chi connectivity index (χ3v) is 1.70. The van der Waals surface area contributed by atoms with Gasteiger partial charge in [-0.25, -0.2) is 0 Å². The fourth-order valence-electron chi connectivity index (χ4n) is 1.05. The number of rotatable bonds is 4. The fourth-order valence-corrected chi connectivity index (χ4v) is 1.05. The van der Waals surface area contributed by atoms with Gasteiger partial charge in [0.2, 0.25) is 0 Å². The topological polar surface area (TPSA) is 55.7 Å². The van der Waals surface area contributed by atoms with Crippen LogP contribution in [0.5, 0.6) is 0 Å². The first kappa shape index (κ1) is 10.4. The predicted octanol–water partition coefficient (Wildman–Crippen LogP) is 2.19. The molecule has 1 aromatic rings. The van der Waals surface area contributed by atoms with E-state index in [1.807, 2.05) is 0 Å². The summed E-state index contributed by atoms with van der Waals surface area (Å²) in [5.41, 5.74) is 1.17. The zero-order valence-corrected chi connectivity index (χ0v) is 7.90. The summed E-state index contributed by atoms with van der Waals surface area (Å²) >= 11 is 0. The molecule has 0 bridgehead atoms. The molecule has 74 valence electrons. The van der Waals surface area contributed by atoms with E-state index < -0.39 is 0 Å². The van der Waals surface area contributed by atoms with Crippen molar-refractivity contribution in [2.45, 2.75) is 13.3 Å². The molecule has 0 atom stereocenters. The largest absolute Gasteiger partial charge is 0.466 e. The van der Waals surface area contributed by atoms with Crippen LogP contribution in [0, 0.1) is 4.91 Å². The molecule has 0 unspecified atom stereocenters. The van der Waals surface area contributed by atoms with Crippen LogP contribution in [0.25, 0.3) is 0 Å². The van der Waals surface area contributed by atoms with Crippen molar-refractivity contribution in [3.8, 4) is 0 Å². The predicted molar refractivity (Wildman–Crippen MR) is 52.2 cm³/mol. The minimum Gasteiger partial charge on any atom is -0.466 e. The van der Waals surface area contributed by atoms with E-state index in [0.717, 1.165) is 5.56 Å². The lowest BCUT2D eigenvalue weighted by atomic mass is 10.1. The van der Waals surface area contributed by atoms with Crippen LogP contribution in [0.3, 0.4) is 0 Å². The Kier molecular flexibility index (Phi) is 3.79. The lowest BCUT2D eigenvalue weighted by Gasteiger charge is -2.01. The Balaban J connectivity index is 2.59. The molecule has 0 fully saturated rings. The summed E-state index contributed by atoms with van der Waals surface area (Å²) in [4.78, 5) is 21.2. The van der Waals surface area contributed by atoms with Gasteiger partial charge >= 0.3 is 5.97 Å². The first-order chi connectivity index (χ1) is 6.76. The van der Waals surface area contributed by atoms with Gasteiger partial charge in [0.1, 0.15) is 5.69 Å². The average molecular weight is 193 g/mol. The maximum atomic E-state index is 11.1. The van der Waals surface area contributed by atoms with Gasteiger partial charge in [-0.2, -0.15) is 0 Å². The van der Waals surface area contributed by atoms with Gasteiger partial charge in [-0.1, -0.05) is 12.1 Å². The number of hydrogen-bond donors (Lipinski definition) is 0. The molecule has 4 heteroatoms. The van der Waals surface area contributed by atoms with Crippen molar-refractivity contribution in [1.82, 2.24) is 0 Å². The van der Waals surface area contributed by atoms with Crippen LogP contribution in [-0.2, 0) is 16.0 Å². The van der Waals surface area contributed by atoms with Gasteiger partial charge in [0.25, 0.3) is 0 Å². The van der Waals surface area contributed by atoms with Crippen molar-refractivity contribution in [1.29, 1.82) is 0 Å². The average Bonchev–Trinajstić information content (AvgIpc) is 2.19. The van der Waals surface area contributed by atoms with E-state index in [1.54, 1.807) is 31.2 Å². The first-order valence-electron chi connectivity index (χ1n) is 4.34. The van der Waals surface area contributed by atoms with Crippen LogP contribution in [0.2, 0.25) is 0 Å². The zero-order valence-electron chi connectivity index (χ0n) is 7.90. The highest BCUT2D eigenvalue weighted by atomic mass is 16.5. The smallest absolute Gasteiger partial charge is 0.310 e. The van der Waals surface area contributed by atoms with Crippen molar-refractivity contribution in [2.24, 2.45) is 5.18 Å². The third kappa shape index (κ3) is 2.97. The molecular formula is C10H11NO3. The van der Waals surface area contributed by atoms with Crippen molar-refractivity contribution >= 4 is 11.7 Å². The maximum Gasteiger partial charge on any atom is 0.310 e. The summed E-state index contributed by atoms with van der Waals surface area (Å²) in [6, 6.07) is 6.52. The SMILES string of the molecule is CCOC(=O)Cc1ccc(N=O)cc1. The number of nitroso groups, excluding NO2 is 1. The van der Waals surface area contributed by atoms with E-state index in [4.69, 9.17) is 4.74 Å². The summed E-state index contributed by atoms with van der Waals surface area (Å²) in [5, 5.41) is 2.76. The molecular weight excluding hydrogens is 182 g/mol. The maximum absolute atomic E-state index is 11.1. The molecule has 0 N–H and O–H groups in total. The van der Waals surface area contributed by atoms with Gasteiger partial charge in [0, 0.05) is 0 Å². The van der Waals surface area contributed by atoms with Crippen LogP contribution < -0.4 is 0 Å². The highest BCUT2D eigenvalue weighted by Crippen LogP contribution is 2.12. The van der Waals surface area contributed by atoms with Gasteiger partial charge in [-0.05, 0) is 29.8 Å². The molecule has 0 heterocycles. The summed E-state index contributed by atoms with van der Waals surface area (Å²) in [7, 11) is 0. The zero-order chi connectivity index (χ0) is 10.4. The quantitative estimate of drug-likeness (QED) is 0.544. The van der Waals surface area contributed by atoms with Crippen LogP contribution >= 0.6 is 0 Å². The van der Waals surface area contributed by atoms with E-state index in [0.29, 0.717) is 12.3 Å². The van der Waals surface area contributed by atoms with Crippen molar-refractivity contribution in [3.05, 3.63) is 34.7 Å². The molecule has 0 aliphatic rings. The Bertz CT molecular complexity index is 319. The van der Waals surface area contributed by atoms with Gasteiger partial charge in [0.05, 0.1) is 13.0 Å². The second-order valence-corrected chi connectivity index (χ2v) is 2.74. The van der Waals surface area contributed by atoms with Gasteiger partial charge < -0.3 is 4.74 Å². The number of carbonyl (C=O) groups is 1. The summed E-state index contributed by atoms with van der Waals surface area (Å²) in [5.74, 6) is -0.265. The second-order valence-electron chi connectivity index (χ2n) is 2.74. The minimum atomic E-state index is -0.265. The number of esters is 1. The number of nitrogens with zero attached hydrogens (tertiary/aromatic N) is 1. The summed E-state index contributed by atoms with van der Waals surface area (Å²) < 4.78 is 4.78. The standard InChI is InChI=1S/C10H11NO3/c1-2-14-10(12)7-8-3-5-9(11-13)6-4-8/h3-6H,2,7H2,1H3. The molecule has 0 spiro atoms. The van der Waals surface area contributed by atoms with Crippen LogP contribution in [-0.4, -0.2) is 12.6 Å². The number of hydrogen-bond acceptors (Lipinski definition) is 4. The van der Waals surface area contributed by atoms with Gasteiger partial charge in [0.15, 0.2) is 0 Å². The molecule has 4 nitrogen and oxygen atoms in total. The molecule has 14 heavy (non-hydrogen) atoms. The summed E-state index contributed by atoms with van der Waals surface area (Å²) in [6.07, 6.45) is 0.229. The first-order valence-corrected chi connectivity index (χ1v) is 4.34. The monoisotopic (exact) mass is 193 g/mol. The van der Waals surface area contributed by atoms with Crippen molar-refractivity contribution in [2.75, 3.05) is 6.61 Å². The molecule has 0 saturated carbocycles. The molecule has 0 saturated heterocycles. The van der Waals surface area contributed by atoms with Gasteiger partial charge in [-0.15, -0.1) is 4.91 Å². The number of ether oxygens (including phenoxy) is 1. The van der Waals surface area contributed by atoms with Crippen LogP contribution in [0.15, 0.2) is 29.4 Å². The minimum absolute atomic E-state index is 0.229. The van der Waals surface area contributed by atoms with Crippen molar-refractivity contribution < 1.29 is 9.53 Å². The molecule has 0 amide bonds. The Morgan fingerprint density at radius 3 is 2.50 bits per heavy atom. The van der Waals surface area contributed by atoms with E-state index >= 15 is 0 Å². The normalized spacial score (nSPS) is 9.50. The van der Waals surface area contributed by atoms with E-state index in [2.05, 4.69) is 5.18 Å². The lowest BCUT2D eigenvalue weighted by Crippen LogP contribution is -2.07. The summed E-state index contributed by atoms with van der Waals surface area (Å²) in [6.45, 7) is 2.14. The Morgan fingerprint density at radius 1 is 1.36 bits per heavy atom. The van der Waals surface area contributed by atoms with Crippen LogP contribution in [0.4, 0.5) is 5.69 Å². The number of carbonyl (C=O) groups excluding carboxylic acids is 1. The highest BCUT2D eigenvalue weighted by molar-refractivity contribution is 5.72. The second kappa shape index (κ2) is 5.11. The molecule has 0 aliphatic heterocycles. The fraction of sp³-hybridized carbons (Fsp3) is 0.300. The molecule has 0 aromatic heterocycles. The van der Waals surface area contributed by atoms with E-state index in [1.165, 1.54) is 0 Å². The highest BCUT2D eigenvalue weighted by Gasteiger charge is 2.03. The molecule has 0 radical (unpaired) electrons. The molecule has 1 rings (SSSR count). The number of benzene rings is 1. The Hall–Kier alpha value is -1.71. The van der Waals surface area contributed by atoms with Gasteiger partial charge in [-0.3, -0.25) is 4.79 Å². The van der Waals surface area contributed by atoms with E-state index in [-0.39, 0.29) is 12.4 Å². The molecule has 0 aliphatic carbocycles.